The largest absolute Gasteiger partial charge is 0.508 e. The van der Waals surface area contributed by atoms with Crippen LogP contribution in [0.2, 0.25) is 0 Å². The van der Waals surface area contributed by atoms with Gasteiger partial charge in [0.25, 0.3) is 0 Å². The van der Waals surface area contributed by atoms with E-state index >= 15 is 0 Å². The summed E-state index contributed by atoms with van der Waals surface area (Å²) in [4.78, 5) is 62.5. The van der Waals surface area contributed by atoms with Gasteiger partial charge >= 0.3 is 5.97 Å². The van der Waals surface area contributed by atoms with E-state index in [0.29, 0.717) is 12.0 Å². The summed E-state index contributed by atoms with van der Waals surface area (Å²) in [6, 6.07) is 10.5. The lowest BCUT2D eigenvalue weighted by Crippen LogP contribution is -2.59. The van der Waals surface area contributed by atoms with E-state index in [1.165, 1.54) is 12.1 Å². The number of rotatable bonds is 16. The molecule has 0 aliphatic carbocycles. The quantitative estimate of drug-likeness (QED) is 0.149. The van der Waals surface area contributed by atoms with E-state index in [1.807, 2.05) is 6.92 Å². The molecular formula is C29H39N5O7. The number of aliphatic carboxylic acids is 1. The van der Waals surface area contributed by atoms with Crippen molar-refractivity contribution in [2.75, 3.05) is 0 Å². The molecule has 0 fully saturated rings. The number of benzene rings is 2. The third-order valence-corrected chi connectivity index (χ3v) is 6.73. The van der Waals surface area contributed by atoms with Gasteiger partial charge < -0.3 is 37.6 Å². The van der Waals surface area contributed by atoms with E-state index in [0.717, 1.165) is 5.56 Å². The molecular weight excluding hydrogens is 530 g/mol. The number of carbonyl (C=O) groups excluding carboxylic acids is 4. The Morgan fingerprint density at radius 2 is 1.39 bits per heavy atom. The maximum absolute atomic E-state index is 13.5. The van der Waals surface area contributed by atoms with Crippen molar-refractivity contribution >= 4 is 29.6 Å². The number of phenolic OH excluding ortho intramolecular Hbond substituents is 1. The Bertz CT molecular complexity index is 1190. The van der Waals surface area contributed by atoms with E-state index in [1.54, 1.807) is 49.4 Å². The lowest BCUT2D eigenvalue weighted by atomic mass is 9.96. The maximum Gasteiger partial charge on any atom is 0.326 e. The molecule has 2 aromatic rings. The highest BCUT2D eigenvalue weighted by Gasteiger charge is 2.32. The molecule has 0 saturated heterocycles. The highest BCUT2D eigenvalue weighted by Crippen LogP contribution is 2.13. The first kappa shape index (κ1) is 32.8. The second-order valence-corrected chi connectivity index (χ2v) is 10.0. The van der Waals surface area contributed by atoms with Gasteiger partial charge in [0, 0.05) is 12.8 Å². The van der Waals surface area contributed by atoms with E-state index < -0.39 is 53.8 Å². The van der Waals surface area contributed by atoms with Crippen molar-refractivity contribution in [3.63, 3.8) is 0 Å². The summed E-state index contributed by atoms with van der Waals surface area (Å²) in [5, 5.41) is 26.7. The van der Waals surface area contributed by atoms with Crippen LogP contribution in [-0.2, 0) is 36.8 Å². The van der Waals surface area contributed by atoms with Gasteiger partial charge in [0.2, 0.25) is 23.6 Å². The summed E-state index contributed by atoms with van der Waals surface area (Å²) >= 11 is 0. The summed E-state index contributed by atoms with van der Waals surface area (Å²) in [5.74, 6) is -4.28. The monoisotopic (exact) mass is 569 g/mol. The van der Waals surface area contributed by atoms with Crippen LogP contribution in [0.3, 0.4) is 0 Å². The molecule has 0 saturated carbocycles. The van der Waals surface area contributed by atoms with Crippen LogP contribution in [0.25, 0.3) is 0 Å². The Morgan fingerprint density at radius 3 is 1.95 bits per heavy atom. The average Bonchev–Trinajstić information content (AvgIpc) is 2.94. The molecule has 12 heteroatoms. The minimum absolute atomic E-state index is 0.0438. The third kappa shape index (κ3) is 10.9. The Hall–Kier alpha value is -4.45. The number of nitrogens with one attached hydrogen (secondary N) is 3. The molecule has 41 heavy (non-hydrogen) atoms. The molecule has 0 heterocycles. The summed E-state index contributed by atoms with van der Waals surface area (Å²) in [6.45, 7) is 3.62. The zero-order valence-electron chi connectivity index (χ0n) is 23.2. The number of carboxylic acid groups (broad SMARTS) is 1. The summed E-state index contributed by atoms with van der Waals surface area (Å²) < 4.78 is 0. The van der Waals surface area contributed by atoms with Crippen molar-refractivity contribution in [3.05, 3.63) is 65.7 Å². The number of amides is 4. The number of primary amides is 1. The van der Waals surface area contributed by atoms with Crippen LogP contribution in [0, 0.1) is 5.92 Å². The van der Waals surface area contributed by atoms with Crippen molar-refractivity contribution in [2.24, 2.45) is 17.4 Å². The normalized spacial score (nSPS) is 14.5. The molecule has 2 rings (SSSR count). The van der Waals surface area contributed by atoms with Crippen molar-refractivity contribution in [2.45, 2.75) is 70.1 Å². The van der Waals surface area contributed by atoms with Gasteiger partial charge in [0.05, 0.1) is 6.04 Å². The second kappa shape index (κ2) is 16.0. The Balaban J connectivity index is 2.21. The van der Waals surface area contributed by atoms with Gasteiger partial charge in [-0.25, -0.2) is 4.79 Å². The van der Waals surface area contributed by atoms with Crippen molar-refractivity contribution < 1.29 is 34.2 Å². The topological polar surface area (TPSA) is 214 Å². The maximum atomic E-state index is 13.5. The molecule has 12 nitrogen and oxygen atoms in total. The molecule has 2 aromatic carbocycles. The summed E-state index contributed by atoms with van der Waals surface area (Å²) in [5.41, 5.74) is 12.7. The Morgan fingerprint density at radius 1 is 0.805 bits per heavy atom. The minimum atomic E-state index is -1.40. The molecule has 0 spiro atoms. The smallest absolute Gasteiger partial charge is 0.326 e. The number of aromatic hydroxyl groups is 1. The number of carboxylic acids is 1. The van der Waals surface area contributed by atoms with Gasteiger partial charge in [0.1, 0.15) is 23.9 Å². The number of phenols is 1. The van der Waals surface area contributed by atoms with Gasteiger partial charge in [-0.15, -0.1) is 0 Å². The van der Waals surface area contributed by atoms with Crippen LogP contribution in [0.15, 0.2) is 54.6 Å². The first-order valence-electron chi connectivity index (χ1n) is 13.4. The molecule has 5 atom stereocenters. The van der Waals surface area contributed by atoms with Gasteiger partial charge in [-0.2, -0.15) is 0 Å². The van der Waals surface area contributed by atoms with Crippen LogP contribution < -0.4 is 27.4 Å². The van der Waals surface area contributed by atoms with Crippen LogP contribution in [-0.4, -0.2) is 64.0 Å². The fourth-order valence-corrected chi connectivity index (χ4v) is 4.08. The lowest BCUT2D eigenvalue weighted by Gasteiger charge is -2.28. The summed E-state index contributed by atoms with van der Waals surface area (Å²) in [6.07, 6.45) is 0.270. The highest BCUT2D eigenvalue weighted by molar-refractivity contribution is 5.94. The SMILES string of the molecule is CCC(C)C(NC(=O)C(N)Cc1ccc(O)cc1)C(=O)NC(Cc1ccccc1)C(=O)NC(CCC(N)=O)C(=O)O. The molecule has 222 valence electrons. The standard InChI is InChI=1S/C29H39N5O7/c1-3-17(2)25(34-26(37)21(30)15-19-9-11-20(35)12-10-19)28(39)33-23(16-18-7-5-4-6-8-18)27(38)32-22(29(40)41)13-14-24(31)36/h4-12,17,21-23,25,35H,3,13-16,30H2,1-2H3,(H2,31,36)(H,32,38)(H,33,39)(H,34,37)(H,40,41). The fraction of sp³-hybridized carbons (Fsp3) is 0.414. The lowest BCUT2D eigenvalue weighted by molar-refractivity contribution is -0.142. The van der Waals surface area contributed by atoms with E-state index in [4.69, 9.17) is 11.5 Å². The molecule has 0 radical (unpaired) electrons. The Labute approximate surface area is 238 Å². The van der Waals surface area contributed by atoms with Crippen LogP contribution in [0.5, 0.6) is 5.75 Å². The third-order valence-electron chi connectivity index (χ3n) is 6.73. The number of hydrogen-bond donors (Lipinski definition) is 7. The predicted molar refractivity (Wildman–Crippen MR) is 151 cm³/mol. The van der Waals surface area contributed by atoms with Crippen LogP contribution >= 0.6 is 0 Å². The van der Waals surface area contributed by atoms with E-state index in [2.05, 4.69) is 16.0 Å². The van der Waals surface area contributed by atoms with Crippen molar-refractivity contribution in [1.29, 1.82) is 0 Å². The van der Waals surface area contributed by atoms with E-state index in [9.17, 15) is 34.2 Å². The second-order valence-electron chi connectivity index (χ2n) is 10.0. The van der Waals surface area contributed by atoms with Crippen molar-refractivity contribution in [1.82, 2.24) is 16.0 Å². The average molecular weight is 570 g/mol. The number of hydrogen-bond acceptors (Lipinski definition) is 7. The highest BCUT2D eigenvalue weighted by atomic mass is 16.4. The molecule has 0 aliphatic heterocycles. The molecule has 0 aliphatic rings. The Kier molecular flexibility index (Phi) is 12.8. The fourth-order valence-electron chi connectivity index (χ4n) is 4.08. The van der Waals surface area contributed by atoms with Gasteiger partial charge in [-0.1, -0.05) is 62.7 Å². The summed E-state index contributed by atoms with van der Waals surface area (Å²) in [7, 11) is 0. The number of carbonyl (C=O) groups is 5. The van der Waals surface area contributed by atoms with Crippen molar-refractivity contribution in [3.8, 4) is 5.75 Å². The molecule has 4 amide bonds. The van der Waals surface area contributed by atoms with E-state index in [-0.39, 0.29) is 37.4 Å². The minimum Gasteiger partial charge on any atom is -0.508 e. The zero-order chi connectivity index (χ0) is 30.5. The van der Waals surface area contributed by atoms with Crippen LogP contribution in [0.4, 0.5) is 0 Å². The van der Waals surface area contributed by atoms with Gasteiger partial charge in [-0.05, 0) is 42.0 Å². The van der Waals surface area contributed by atoms with Gasteiger partial charge in [0.15, 0.2) is 0 Å². The first-order valence-corrected chi connectivity index (χ1v) is 13.4. The molecule has 0 bridgehead atoms. The molecule has 9 N–H and O–H groups in total. The molecule has 5 unspecified atom stereocenters. The van der Waals surface area contributed by atoms with Gasteiger partial charge in [-0.3, -0.25) is 19.2 Å². The molecule has 0 aromatic heterocycles. The number of nitrogens with two attached hydrogens (primary N) is 2. The first-order chi connectivity index (χ1) is 19.4. The van der Waals surface area contributed by atoms with Crippen LogP contribution in [0.1, 0.15) is 44.2 Å². The zero-order valence-corrected chi connectivity index (χ0v) is 23.2. The predicted octanol–water partition coefficient (Wildman–Crippen LogP) is 0.355.